The summed E-state index contributed by atoms with van der Waals surface area (Å²) in [5, 5.41) is 0.604. The Kier molecular flexibility index (Phi) is 3.50. The molecule has 1 aromatic rings. The van der Waals surface area contributed by atoms with Crippen molar-refractivity contribution in [2.75, 3.05) is 18.8 Å². The van der Waals surface area contributed by atoms with Gasteiger partial charge in [0.25, 0.3) is 5.91 Å². The Labute approximate surface area is 110 Å². The maximum Gasteiger partial charge on any atom is 0.255 e. The Hall–Kier alpha value is -0.930. The van der Waals surface area contributed by atoms with E-state index in [9.17, 15) is 4.79 Å². The van der Waals surface area contributed by atoms with E-state index >= 15 is 0 Å². The van der Waals surface area contributed by atoms with Gasteiger partial charge in [0, 0.05) is 18.8 Å². The maximum atomic E-state index is 12.2. The first kappa shape index (κ1) is 12.5. The molecule has 1 saturated heterocycles. The van der Waals surface area contributed by atoms with E-state index in [4.69, 9.17) is 28.9 Å². The van der Waals surface area contributed by atoms with Crippen molar-refractivity contribution in [3.63, 3.8) is 0 Å². The van der Waals surface area contributed by atoms with Gasteiger partial charge in [-0.2, -0.15) is 0 Å². The monoisotopic (exact) mass is 272 g/mol. The summed E-state index contributed by atoms with van der Waals surface area (Å²) in [6.07, 6.45) is 1.03. The van der Waals surface area contributed by atoms with Crippen LogP contribution in [0.4, 0.5) is 5.69 Å². The molecule has 1 amide bonds. The quantitative estimate of drug-likeness (QED) is 0.799. The molecule has 0 spiro atoms. The average Bonchev–Trinajstić information content (AvgIpc) is 2.69. The second-order valence-corrected chi connectivity index (χ2v) is 5.29. The van der Waals surface area contributed by atoms with Crippen LogP contribution < -0.4 is 5.73 Å². The van der Waals surface area contributed by atoms with Gasteiger partial charge in [-0.1, -0.05) is 30.1 Å². The molecule has 3 nitrogen and oxygen atoms in total. The third kappa shape index (κ3) is 2.50. The molecule has 0 aliphatic carbocycles. The number of hydrogen-bond acceptors (Lipinski definition) is 2. The Morgan fingerprint density at radius 1 is 1.47 bits per heavy atom. The maximum absolute atomic E-state index is 12.2. The number of nitrogens with two attached hydrogens (primary N) is 1. The van der Waals surface area contributed by atoms with Crippen molar-refractivity contribution >= 4 is 34.8 Å². The summed E-state index contributed by atoms with van der Waals surface area (Å²) in [6.45, 7) is 3.66. The molecule has 1 aromatic carbocycles. The highest BCUT2D eigenvalue weighted by atomic mass is 35.5. The Bertz CT molecular complexity index is 462. The SMILES string of the molecule is CC1CCN(C(=O)c2cc(N)cc(Cl)c2Cl)C1. The van der Waals surface area contributed by atoms with Gasteiger partial charge < -0.3 is 10.6 Å². The number of nitrogen functional groups attached to an aromatic ring is 1. The van der Waals surface area contributed by atoms with Crippen LogP contribution in [0.1, 0.15) is 23.7 Å². The molecule has 0 bridgehead atoms. The lowest BCUT2D eigenvalue weighted by Gasteiger charge is -2.17. The van der Waals surface area contributed by atoms with E-state index < -0.39 is 0 Å². The smallest absolute Gasteiger partial charge is 0.255 e. The molecule has 1 unspecified atom stereocenters. The first-order valence-electron chi connectivity index (χ1n) is 5.53. The van der Waals surface area contributed by atoms with Crippen LogP contribution in [-0.4, -0.2) is 23.9 Å². The van der Waals surface area contributed by atoms with Crippen LogP contribution in [0.3, 0.4) is 0 Å². The molecular weight excluding hydrogens is 259 g/mol. The van der Waals surface area contributed by atoms with E-state index in [1.807, 2.05) is 0 Å². The first-order valence-corrected chi connectivity index (χ1v) is 6.28. The van der Waals surface area contributed by atoms with Gasteiger partial charge in [-0.3, -0.25) is 4.79 Å². The molecule has 2 rings (SSSR count). The van der Waals surface area contributed by atoms with Crippen molar-refractivity contribution in [1.29, 1.82) is 0 Å². The number of likely N-dealkylation sites (tertiary alicyclic amines) is 1. The number of nitrogens with zero attached hydrogens (tertiary/aromatic N) is 1. The van der Waals surface area contributed by atoms with Crippen LogP contribution in [0, 0.1) is 5.92 Å². The van der Waals surface area contributed by atoms with Crippen LogP contribution in [0.5, 0.6) is 0 Å². The topological polar surface area (TPSA) is 46.3 Å². The lowest BCUT2D eigenvalue weighted by molar-refractivity contribution is 0.0788. The number of carbonyl (C=O) groups is 1. The van der Waals surface area contributed by atoms with Crippen molar-refractivity contribution in [2.45, 2.75) is 13.3 Å². The average molecular weight is 273 g/mol. The zero-order valence-electron chi connectivity index (χ0n) is 9.54. The third-order valence-corrected chi connectivity index (χ3v) is 3.79. The minimum Gasteiger partial charge on any atom is -0.399 e. The molecule has 0 radical (unpaired) electrons. The van der Waals surface area contributed by atoms with E-state index in [2.05, 4.69) is 6.92 Å². The summed E-state index contributed by atoms with van der Waals surface area (Å²) in [6, 6.07) is 3.13. The summed E-state index contributed by atoms with van der Waals surface area (Å²) >= 11 is 12.0. The van der Waals surface area contributed by atoms with Gasteiger partial charge in [0.2, 0.25) is 0 Å². The molecule has 1 heterocycles. The van der Waals surface area contributed by atoms with Gasteiger partial charge in [-0.15, -0.1) is 0 Å². The molecule has 92 valence electrons. The van der Waals surface area contributed by atoms with Crippen LogP contribution in [-0.2, 0) is 0 Å². The van der Waals surface area contributed by atoms with E-state index in [0.29, 0.717) is 22.2 Å². The second kappa shape index (κ2) is 4.75. The fraction of sp³-hybridized carbons (Fsp3) is 0.417. The van der Waals surface area contributed by atoms with E-state index in [0.717, 1.165) is 19.5 Å². The number of anilines is 1. The summed E-state index contributed by atoms with van der Waals surface area (Å²) in [5.41, 5.74) is 6.53. The summed E-state index contributed by atoms with van der Waals surface area (Å²) < 4.78 is 0. The summed E-state index contributed by atoms with van der Waals surface area (Å²) in [7, 11) is 0. The first-order chi connectivity index (χ1) is 7.99. The lowest BCUT2D eigenvalue weighted by atomic mass is 10.1. The highest BCUT2D eigenvalue weighted by molar-refractivity contribution is 6.44. The molecule has 1 fully saturated rings. The molecule has 5 heteroatoms. The molecule has 2 N–H and O–H groups in total. The van der Waals surface area contributed by atoms with Crippen molar-refractivity contribution in [1.82, 2.24) is 4.90 Å². The van der Waals surface area contributed by atoms with Gasteiger partial charge in [-0.05, 0) is 24.5 Å². The van der Waals surface area contributed by atoms with Crippen LogP contribution in [0.25, 0.3) is 0 Å². The van der Waals surface area contributed by atoms with E-state index in [1.54, 1.807) is 17.0 Å². The predicted molar refractivity (Wildman–Crippen MR) is 70.6 cm³/mol. The van der Waals surface area contributed by atoms with Crippen molar-refractivity contribution < 1.29 is 4.79 Å². The van der Waals surface area contributed by atoms with Crippen molar-refractivity contribution in [3.8, 4) is 0 Å². The molecular formula is C12H14Cl2N2O. The van der Waals surface area contributed by atoms with Crippen molar-refractivity contribution in [3.05, 3.63) is 27.7 Å². The predicted octanol–water partition coefficient (Wildman–Crippen LogP) is 3.06. The molecule has 0 aromatic heterocycles. The number of hydrogen-bond donors (Lipinski definition) is 1. The largest absolute Gasteiger partial charge is 0.399 e. The number of amides is 1. The van der Waals surface area contributed by atoms with E-state index in [1.165, 1.54) is 0 Å². The normalized spacial score (nSPS) is 19.7. The molecule has 0 saturated carbocycles. The van der Waals surface area contributed by atoms with Crippen LogP contribution >= 0.6 is 23.2 Å². The fourth-order valence-electron chi connectivity index (χ4n) is 2.06. The van der Waals surface area contributed by atoms with Crippen LogP contribution in [0.15, 0.2) is 12.1 Å². The Morgan fingerprint density at radius 2 is 2.18 bits per heavy atom. The highest BCUT2D eigenvalue weighted by Gasteiger charge is 2.26. The van der Waals surface area contributed by atoms with Crippen molar-refractivity contribution in [2.24, 2.45) is 5.92 Å². The van der Waals surface area contributed by atoms with Gasteiger partial charge in [0.1, 0.15) is 0 Å². The van der Waals surface area contributed by atoms with Crippen LogP contribution in [0.2, 0.25) is 10.0 Å². The molecule has 1 atom stereocenters. The third-order valence-electron chi connectivity index (χ3n) is 2.99. The lowest BCUT2D eigenvalue weighted by Crippen LogP contribution is -2.28. The highest BCUT2D eigenvalue weighted by Crippen LogP contribution is 2.30. The van der Waals surface area contributed by atoms with Gasteiger partial charge >= 0.3 is 0 Å². The van der Waals surface area contributed by atoms with Gasteiger partial charge in [0.05, 0.1) is 15.6 Å². The summed E-state index contributed by atoms with van der Waals surface area (Å²) in [4.78, 5) is 14.0. The minimum absolute atomic E-state index is 0.0893. The minimum atomic E-state index is -0.0893. The second-order valence-electron chi connectivity index (χ2n) is 4.51. The summed E-state index contributed by atoms with van der Waals surface area (Å²) in [5.74, 6) is 0.447. The molecule has 17 heavy (non-hydrogen) atoms. The number of rotatable bonds is 1. The number of carbonyl (C=O) groups excluding carboxylic acids is 1. The van der Waals surface area contributed by atoms with Gasteiger partial charge in [0.15, 0.2) is 0 Å². The number of benzene rings is 1. The fourth-order valence-corrected chi connectivity index (χ4v) is 2.47. The number of halogens is 2. The van der Waals surface area contributed by atoms with Gasteiger partial charge in [-0.25, -0.2) is 0 Å². The molecule has 1 aliphatic heterocycles. The van der Waals surface area contributed by atoms with E-state index in [-0.39, 0.29) is 10.9 Å². The Balaban J connectivity index is 2.31. The molecule has 1 aliphatic rings. The standard InChI is InChI=1S/C12H14Cl2N2O/c1-7-2-3-16(6-7)12(17)9-4-8(15)5-10(13)11(9)14/h4-5,7H,2-3,6,15H2,1H3. The Morgan fingerprint density at radius 3 is 2.76 bits per heavy atom. The zero-order chi connectivity index (χ0) is 12.6. The zero-order valence-corrected chi connectivity index (χ0v) is 11.1.